The van der Waals surface area contributed by atoms with Gasteiger partial charge in [-0.05, 0) is 53.2 Å². The fourth-order valence-electron chi connectivity index (χ4n) is 9.47. The molecule has 0 saturated heterocycles. The number of aromatic nitrogens is 5. The third-order valence-corrected chi connectivity index (χ3v) is 11.6. The minimum atomic E-state index is 0.822. The first-order valence-electron chi connectivity index (χ1n) is 18.1. The molecule has 13 aromatic rings. The first kappa shape index (κ1) is 27.5. The van der Waals surface area contributed by atoms with E-state index in [2.05, 4.69) is 177 Å². The minimum Gasteiger partial charge on any atom is -0.308 e. The molecule has 0 bridgehead atoms. The van der Waals surface area contributed by atoms with Gasteiger partial charge in [0.25, 0.3) is 0 Å². The molecule has 0 amide bonds. The number of rotatable bonds is 2. The highest BCUT2D eigenvalue weighted by atomic mass is 15.3. The van der Waals surface area contributed by atoms with Crippen LogP contribution in [0.1, 0.15) is 0 Å². The van der Waals surface area contributed by atoms with Crippen molar-refractivity contribution in [1.82, 2.24) is 23.7 Å². The van der Waals surface area contributed by atoms with Crippen LogP contribution in [0.3, 0.4) is 0 Å². The molecule has 0 radical (unpaired) electrons. The molecule has 0 fully saturated rings. The Bertz CT molecular complexity index is 3640. The highest BCUT2D eigenvalue weighted by molar-refractivity contribution is 6.34. The summed E-state index contributed by atoms with van der Waals surface area (Å²) in [6.07, 6.45) is 0. The molecule has 0 aliphatic rings. The lowest BCUT2D eigenvalue weighted by atomic mass is 10.0. The summed E-state index contributed by atoms with van der Waals surface area (Å²) in [4.78, 5) is 0. The lowest BCUT2D eigenvalue weighted by molar-refractivity contribution is 0.930. The van der Waals surface area contributed by atoms with Gasteiger partial charge in [0.05, 0.1) is 38.6 Å². The Labute approximate surface area is 301 Å². The summed E-state index contributed by atoms with van der Waals surface area (Å²) in [5.74, 6) is 1.65. The quantitative estimate of drug-likeness (QED) is 0.183. The molecule has 0 atom stereocenters. The molecule has 5 heteroatoms. The molecule has 0 N–H and O–H groups in total. The van der Waals surface area contributed by atoms with E-state index in [9.17, 15) is 0 Å². The van der Waals surface area contributed by atoms with Gasteiger partial charge in [0.1, 0.15) is 0 Å². The van der Waals surface area contributed by atoms with Gasteiger partial charge in [-0.15, -0.1) is 10.2 Å². The van der Waals surface area contributed by atoms with E-state index in [0.717, 1.165) is 44.5 Å². The molecule has 8 aromatic carbocycles. The topological polar surface area (TPSA) is 40.1 Å². The van der Waals surface area contributed by atoms with Gasteiger partial charge in [0.15, 0.2) is 11.6 Å². The average molecular weight is 674 g/mol. The monoisotopic (exact) mass is 673 g/mol. The smallest absolute Gasteiger partial charge is 0.168 e. The zero-order valence-corrected chi connectivity index (χ0v) is 28.3. The molecular formula is C48H27N5. The van der Waals surface area contributed by atoms with Crippen molar-refractivity contribution < 1.29 is 0 Å². The maximum absolute atomic E-state index is 5.26. The fraction of sp³-hybridized carbons (Fsp3) is 0. The number of nitrogens with zero attached hydrogens (tertiary/aromatic N) is 5. The van der Waals surface area contributed by atoms with Crippen LogP contribution in [0.2, 0.25) is 0 Å². The Morgan fingerprint density at radius 2 is 0.755 bits per heavy atom. The predicted molar refractivity (Wildman–Crippen MR) is 220 cm³/mol. The second kappa shape index (κ2) is 9.75. The van der Waals surface area contributed by atoms with E-state index in [-0.39, 0.29) is 0 Å². The normalized spacial score (nSPS) is 12.5. The van der Waals surface area contributed by atoms with Crippen molar-refractivity contribution in [3.63, 3.8) is 0 Å². The van der Waals surface area contributed by atoms with Gasteiger partial charge in [0, 0.05) is 53.9 Å². The molecular weight excluding hydrogens is 647 g/mol. The van der Waals surface area contributed by atoms with Gasteiger partial charge in [-0.3, -0.25) is 9.13 Å². The Kier molecular flexibility index (Phi) is 5.06. The molecule has 0 aliphatic carbocycles. The summed E-state index contributed by atoms with van der Waals surface area (Å²) in [6, 6.07) is 59.3. The molecule has 244 valence electrons. The summed E-state index contributed by atoms with van der Waals surface area (Å²) < 4.78 is 7.14. The number of hydrogen-bond acceptors (Lipinski definition) is 2. The minimum absolute atomic E-state index is 0.822. The summed E-state index contributed by atoms with van der Waals surface area (Å²) in [5, 5.41) is 24.8. The van der Waals surface area contributed by atoms with E-state index < -0.39 is 0 Å². The van der Waals surface area contributed by atoms with Crippen LogP contribution >= 0.6 is 0 Å². The van der Waals surface area contributed by atoms with Crippen LogP contribution in [0.4, 0.5) is 0 Å². The molecule has 5 heterocycles. The molecule has 0 unspecified atom stereocenters. The van der Waals surface area contributed by atoms with Crippen LogP contribution < -0.4 is 0 Å². The van der Waals surface area contributed by atoms with Gasteiger partial charge >= 0.3 is 0 Å². The highest BCUT2D eigenvalue weighted by Crippen LogP contribution is 2.47. The van der Waals surface area contributed by atoms with Gasteiger partial charge in [-0.25, -0.2) is 0 Å². The van der Waals surface area contributed by atoms with E-state index in [0.29, 0.717) is 0 Å². The lowest BCUT2D eigenvalue weighted by Crippen LogP contribution is -2.06. The van der Waals surface area contributed by atoms with Crippen LogP contribution in [0, 0.1) is 0 Å². The average Bonchev–Trinajstić information content (AvgIpc) is 3.94. The molecule has 0 spiro atoms. The summed E-state index contributed by atoms with van der Waals surface area (Å²) >= 11 is 0. The summed E-state index contributed by atoms with van der Waals surface area (Å²) in [6.45, 7) is 0. The van der Waals surface area contributed by atoms with E-state index in [1.807, 2.05) is 0 Å². The largest absolute Gasteiger partial charge is 0.308 e. The fourth-order valence-corrected chi connectivity index (χ4v) is 9.47. The SMILES string of the molecule is c1ccc2cc3c(cc2c1)c1cc2c4ccccc4n4c5ccccc5c(c1n3-c1nnc(-n3c5ccccc5c5ccccc53)c3ccccc13)c24. The second-order valence-corrected chi connectivity index (χ2v) is 14.2. The number of fused-ring (bicyclic) bond motifs is 15. The Morgan fingerprint density at radius 3 is 1.40 bits per heavy atom. The maximum atomic E-state index is 5.26. The molecule has 5 aromatic heterocycles. The van der Waals surface area contributed by atoms with Gasteiger partial charge in [0.2, 0.25) is 0 Å². The molecule has 0 saturated carbocycles. The Morgan fingerprint density at radius 1 is 0.302 bits per heavy atom. The summed E-state index contributed by atoms with van der Waals surface area (Å²) in [7, 11) is 0. The van der Waals surface area contributed by atoms with Crippen molar-refractivity contribution in [2.45, 2.75) is 0 Å². The highest BCUT2D eigenvalue weighted by Gasteiger charge is 2.26. The third kappa shape index (κ3) is 3.37. The molecule has 5 nitrogen and oxygen atoms in total. The Hall–Kier alpha value is -7.24. The van der Waals surface area contributed by atoms with Crippen LogP contribution in [0.5, 0.6) is 0 Å². The van der Waals surface area contributed by atoms with Crippen LogP contribution in [-0.2, 0) is 0 Å². The number of hydrogen-bond donors (Lipinski definition) is 0. The molecule has 13 rings (SSSR count). The van der Waals surface area contributed by atoms with Gasteiger partial charge < -0.3 is 4.40 Å². The van der Waals surface area contributed by atoms with Crippen LogP contribution in [0.15, 0.2) is 164 Å². The molecule has 0 aliphatic heterocycles. The second-order valence-electron chi connectivity index (χ2n) is 14.2. The summed E-state index contributed by atoms with van der Waals surface area (Å²) in [5.41, 5.74) is 8.18. The third-order valence-electron chi connectivity index (χ3n) is 11.6. The van der Waals surface area contributed by atoms with Gasteiger partial charge in [-0.2, -0.15) is 0 Å². The maximum Gasteiger partial charge on any atom is 0.168 e. The lowest BCUT2D eigenvalue weighted by Gasteiger charge is -2.15. The first-order valence-corrected chi connectivity index (χ1v) is 18.1. The van der Waals surface area contributed by atoms with E-state index in [1.165, 1.54) is 70.4 Å². The van der Waals surface area contributed by atoms with E-state index >= 15 is 0 Å². The standard InChI is InChI=1S/C48H27N5/c1-2-14-29-26-43-36(25-28(29)13-1)38-27-37-32-17-7-9-21-39(32)51-42-24-12-8-20-35(42)44(45(37)51)46(38)53(43)48-34-19-4-3-18-33(34)47(49-50-48)52-40-22-10-5-15-30(40)31-16-6-11-23-41(31)52/h1-27H. The van der Waals surface area contributed by atoms with Crippen molar-refractivity contribution >= 4 is 103 Å². The van der Waals surface area contributed by atoms with Crippen LogP contribution in [-0.4, -0.2) is 23.7 Å². The predicted octanol–water partition coefficient (Wildman–Crippen LogP) is 12.1. The number of para-hydroxylation sites is 4. The zero-order chi connectivity index (χ0) is 34.4. The van der Waals surface area contributed by atoms with Crippen molar-refractivity contribution in [3.05, 3.63) is 164 Å². The Balaban J connectivity index is 1.25. The van der Waals surface area contributed by atoms with Gasteiger partial charge in [-0.1, -0.05) is 121 Å². The van der Waals surface area contributed by atoms with Crippen molar-refractivity contribution in [2.75, 3.05) is 0 Å². The van der Waals surface area contributed by atoms with E-state index in [1.54, 1.807) is 0 Å². The zero-order valence-electron chi connectivity index (χ0n) is 28.3. The van der Waals surface area contributed by atoms with Crippen LogP contribution in [0.25, 0.3) is 115 Å². The van der Waals surface area contributed by atoms with Crippen molar-refractivity contribution in [3.8, 4) is 11.6 Å². The first-order chi connectivity index (χ1) is 26.3. The van der Waals surface area contributed by atoms with Crippen molar-refractivity contribution in [2.24, 2.45) is 0 Å². The van der Waals surface area contributed by atoms with E-state index in [4.69, 9.17) is 10.2 Å². The number of benzene rings is 8. The van der Waals surface area contributed by atoms with Crippen molar-refractivity contribution in [1.29, 1.82) is 0 Å². The molecule has 53 heavy (non-hydrogen) atoms.